The van der Waals surface area contributed by atoms with E-state index in [-0.39, 0.29) is 12.1 Å². The van der Waals surface area contributed by atoms with Gasteiger partial charge in [0.2, 0.25) is 0 Å². The fourth-order valence-corrected chi connectivity index (χ4v) is 2.50. The fourth-order valence-electron chi connectivity index (χ4n) is 2.50. The molecular weight excluding hydrogens is 342 g/mol. The van der Waals surface area contributed by atoms with Gasteiger partial charge in [0, 0.05) is 6.08 Å². The minimum atomic E-state index is -0.344. The molecule has 0 atom stereocenters. The van der Waals surface area contributed by atoms with Crippen LogP contribution in [-0.2, 0) is 4.79 Å². The predicted molar refractivity (Wildman–Crippen MR) is 112 cm³/mol. The first kappa shape index (κ1) is 24.9. The van der Waals surface area contributed by atoms with Gasteiger partial charge in [-0.1, -0.05) is 58.4 Å². The maximum atomic E-state index is 11.3. The molecule has 0 fully saturated rings. The summed E-state index contributed by atoms with van der Waals surface area (Å²) >= 11 is 0. The predicted octanol–water partition coefficient (Wildman–Crippen LogP) is 4.77. The van der Waals surface area contributed by atoms with Gasteiger partial charge < -0.3 is 15.6 Å². The molecule has 0 spiro atoms. The van der Waals surface area contributed by atoms with Gasteiger partial charge in [0.15, 0.2) is 11.5 Å². The van der Waals surface area contributed by atoms with E-state index in [1.165, 1.54) is 44.6 Å². The van der Waals surface area contributed by atoms with Gasteiger partial charge in [-0.3, -0.25) is 10.2 Å². The molecule has 0 heterocycles. The molecule has 0 saturated carbocycles. The quantitative estimate of drug-likeness (QED) is 0.142. The lowest BCUT2D eigenvalue weighted by molar-refractivity contribution is -0.116. The zero-order valence-corrected chi connectivity index (χ0v) is 17.0. The monoisotopic (exact) mass is 379 g/mol. The minimum absolute atomic E-state index is 0. The molecular formula is C21H37N3O3. The minimum Gasteiger partial charge on any atom is -0.490 e. The largest absolute Gasteiger partial charge is 0.490 e. The average molecular weight is 380 g/mol. The number of carbonyl (C=O) groups excluding carboxylic acids is 1. The van der Waals surface area contributed by atoms with Gasteiger partial charge >= 0.3 is 0 Å². The number of hydrazine groups is 1. The van der Waals surface area contributed by atoms with E-state index in [2.05, 4.69) is 19.3 Å². The van der Waals surface area contributed by atoms with Crippen LogP contribution in [0.25, 0.3) is 6.08 Å². The molecule has 6 nitrogen and oxygen atoms in total. The third-order valence-corrected chi connectivity index (χ3v) is 4.05. The molecule has 154 valence electrons. The van der Waals surface area contributed by atoms with Crippen molar-refractivity contribution in [3.63, 3.8) is 0 Å². The number of unbranched alkanes of at least 4 members (excludes halogenated alkanes) is 6. The van der Waals surface area contributed by atoms with Crippen LogP contribution in [0.5, 0.6) is 11.5 Å². The molecule has 0 saturated heterocycles. The molecule has 0 bridgehead atoms. The Kier molecular flexibility index (Phi) is 14.9. The summed E-state index contributed by atoms with van der Waals surface area (Å²) in [6, 6.07) is 5.72. The van der Waals surface area contributed by atoms with E-state index in [0.717, 1.165) is 29.9 Å². The Morgan fingerprint density at radius 2 is 1.56 bits per heavy atom. The number of amides is 1. The summed E-state index contributed by atoms with van der Waals surface area (Å²) in [6.45, 7) is 5.75. The average Bonchev–Trinajstić information content (AvgIpc) is 2.66. The van der Waals surface area contributed by atoms with Crippen molar-refractivity contribution >= 4 is 12.0 Å². The summed E-state index contributed by atoms with van der Waals surface area (Å²) < 4.78 is 11.9. The lowest BCUT2D eigenvalue weighted by Gasteiger charge is -2.14. The van der Waals surface area contributed by atoms with Crippen LogP contribution in [-0.4, -0.2) is 19.1 Å². The molecule has 0 aliphatic heterocycles. The zero-order valence-electron chi connectivity index (χ0n) is 17.0. The van der Waals surface area contributed by atoms with Crippen molar-refractivity contribution in [2.24, 2.45) is 5.84 Å². The van der Waals surface area contributed by atoms with Crippen molar-refractivity contribution < 1.29 is 14.3 Å². The zero-order chi connectivity index (χ0) is 19.0. The number of hydrogen-bond donors (Lipinski definition) is 3. The standard InChI is InChI=1S/C21H34N2O3.H3N/c1-3-5-7-9-15-25-19-13-11-18(12-14-21(24)23-22)17-20(19)26-16-10-8-6-4-2;/h11-14,17H,3-10,15-16,22H2,1-2H3,(H,23,24);1H3. The van der Waals surface area contributed by atoms with Crippen molar-refractivity contribution in [2.45, 2.75) is 65.2 Å². The molecule has 6 heteroatoms. The summed E-state index contributed by atoms with van der Waals surface area (Å²) in [4.78, 5) is 11.3. The van der Waals surface area contributed by atoms with Crippen LogP contribution in [0.3, 0.4) is 0 Å². The molecule has 0 aliphatic carbocycles. The number of benzene rings is 1. The lowest BCUT2D eigenvalue weighted by atomic mass is 10.1. The van der Waals surface area contributed by atoms with Gasteiger partial charge in [-0.05, 0) is 36.6 Å². The van der Waals surface area contributed by atoms with E-state index in [1.54, 1.807) is 6.08 Å². The summed E-state index contributed by atoms with van der Waals surface area (Å²) in [5, 5.41) is 0. The van der Waals surface area contributed by atoms with Gasteiger partial charge in [-0.2, -0.15) is 0 Å². The highest BCUT2D eigenvalue weighted by atomic mass is 16.5. The number of rotatable bonds is 14. The van der Waals surface area contributed by atoms with Crippen molar-refractivity contribution in [2.75, 3.05) is 13.2 Å². The lowest BCUT2D eigenvalue weighted by Crippen LogP contribution is -2.27. The molecule has 1 amide bonds. The Hall–Kier alpha value is -2.05. The fraction of sp³-hybridized carbons (Fsp3) is 0.571. The van der Waals surface area contributed by atoms with E-state index in [4.69, 9.17) is 15.3 Å². The molecule has 1 rings (SSSR count). The molecule has 6 N–H and O–H groups in total. The summed E-state index contributed by atoms with van der Waals surface area (Å²) in [5.74, 6) is 6.24. The maximum Gasteiger partial charge on any atom is 0.257 e. The van der Waals surface area contributed by atoms with Gasteiger partial charge in [0.05, 0.1) is 13.2 Å². The third kappa shape index (κ3) is 11.3. The number of nitrogens with two attached hydrogens (primary N) is 1. The first-order valence-electron chi connectivity index (χ1n) is 9.79. The number of hydrogen-bond acceptors (Lipinski definition) is 5. The first-order chi connectivity index (χ1) is 12.7. The molecule has 0 aliphatic rings. The Morgan fingerprint density at radius 3 is 2.11 bits per heavy atom. The topological polar surface area (TPSA) is 109 Å². The van der Waals surface area contributed by atoms with E-state index in [1.807, 2.05) is 18.2 Å². The van der Waals surface area contributed by atoms with Crippen molar-refractivity contribution in [1.82, 2.24) is 11.6 Å². The van der Waals surface area contributed by atoms with Crippen LogP contribution in [0.1, 0.15) is 70.8 Å². The SMILES string of the molecule is CCCCCCOc1ccc(C=CC(=O)NN)cc1OCCCCCC.N. The molecule has 27 heavy (non-hydrogen) atoms. The van der Waals surface area contributed by atoms with Crippen LogP contribution >= 0.6 is 0 Å². The first-order valence-corrected chi connectivity index (χ1v) is 9.79. The number of nitrogens with one attached hydrogen (secondary N) is 1. The molecule has 1 aromatic rings. The molecule has 0 aromatic heterocycles. The van der Waals surface area contributed by atoms with Crippen LogP contribution < -0.4 is 26.9 Å². The summed E-state index contributed by atoms with van der Waals surface area (Å²) in [6.07, 6.45) is 12.4. The highest BCUT2D eigenvalue weighted by Crippen LogP contribution is 2.29. The van der Waals surface area contributed by atoms with Crippen LogP contribution in [0.15, 0.2) is 24.3 Å². The van der Waals surface area contributed by atoms with Gasteiger partial charge in [0.1, 0.15) is 0 Å². The van der Waals surface area contributed by atoms with Crippen LogP contribution in [0, 0.1) is 0 Å². The Balaban J connectivity index is 0.00000676. The highest BCUT2D eigenvalue weighted by molar-refractivity contribution is 5.91. The second-order valence-corrected chi connectivity index (χ2v) is 6.37. The Labute approximate surface area is 164 Å². The van der Waals surface area contributed by atoms with Gasteiger partial charge in [0.25, 0.3) is 5.91 Å². The number of carbonyl (C=O) groups is 1. The second kappa shape index (κ2) is 16.1. The van der Waals surface area contributed by atoms with E-state index in [0.29, 0.717) is 13.2 Å². The van der Waals surface area contributed by atoms with Crippen molar-refractivity contribution in [3.05, 3.63) is 29.8 Å². The highest BCUT2D eigenvalue weighted by Gasteiger charge is 2.07. The van der Waals surface area contributed by atoms with Gasteiger partial charge in [-0.15, -0.1) is 0 Å². The molecule has 0 unspecified atom stereocenters. The van der Waals surface area contributed by atoms with Crippen molar-refractivity contribution in [3.8, 4) is 11.5 Å². The van der Waals surface area contributed by atoms with E-state index >= 15 is 0 Å². The normalized spacial score (nSPS) is 10.5. The van der Waals surface area contributed by atoms with E-state index < -0.39 is 0 Å². The summed E-state index contributed by atoms with van der Waals surface area (Å²) in [7, 11) is 0. The summed E-state index contributed by atoms with van der Waals surface area (Å²) in [5.41, 5.74) is 2.95. The Bertz CT molecular complexity index is 547. The third-order valence-electron chi connectivity index (χ3n) is 4.05. The number of ether oxygens (including phenoxy) is 2. The second-order valence-electron chi connectivity index (χ2n) is 6.37. The molecule has 1 aromatic carbocycles. The van der Waals surface area contributed by atoms with Crippen molar-refractivity contribution in [1.29, 1.82) is 0 Å². The maximum absolute atomic E-state index is 11.3. The Morgan fingerprint density at radius 1 is 0.963 bits per heavy atom. The van der Waals surface area contributed by atoms with Gasteiger partial charge in [-0.25, -0.2) is 5.84 Å². The molecule has 0 radical (unpaired) electrons. The van der Waals surface area contributed by atoms with E-state index in [9.17, 15) is 4.79 Å². The van der Waals surface area contributed by atoms with Crippen LogP contribution in [0.2, 0.25) is 0 Å². The van der Waals surface area contributed by atoms with Crippen LogP contribution in [0.4, 0.5) is 0 Å². The smallest absolute Gasteiger partial charge is 0.257 e.